The van der Waals surface area contributed by atoms with E-state index in [1.807, 2.05) is 18.2 Å². The molecule has 0 radical (unpaired) electrons. The van der Waals surface area contributed by atoms with Gasteiger partial charge in [0.1, 0.15) is 18.2 Å². The molecule has 1 atom stereocenters. The highest BCUT2D eigenvalue weighted by atomic mass is 79.9. The predicted molar refractivity (Wildman–Crippen MR) is 86.8 cm³/mol. The summed E-state index contributed by atoms with van der Waals surface area (Å²) in [6.45, 7) is 3.57. The number of halogens is 1. The summed E-state index contributed by atoms with van der Waals surface area (Å²) in [5.41, 5.74) is 1.16. The molecule has 2 aromatic rings. The Morgan fingerprint density at radius 2 is 2.24 bits per heavy atom. The van der Waals surface area contributed by atoms with E-state index in [1.54, 1.807) is 6.20 Å². The first-order chi connectivity index (χ1) is 10.3. The smallest absolute Gasteiger partial charge is 0.224 e. The fourth-order valence-electron chi connectivity index (χ4n) is 2.24. The van der Waals surface area contributed by atoms with Gasteiger partial charge in [0, 0.05) is 18.3 Å². The van der Waals surface area contributed by atoms with Crippen LogP contribution in [0.2, 0.25) is 0 Å². The van der Waals surface area contributed by atoms with E-state index in [2.05, 4.69) is 49.5 Å². The van der Waals surface area contributed by atoms with Crippen molar-refractivity contribution in [2.24, 2.45) is 0 Å². The first-order valence-corrected chi connectivity index (χ1v) is 7.82. The number of rotatable bonds is 5. The molecule has 2 N–H and O–H groups in total. The summed E-state index contributed by atoms with van der Waals surface area (Å²) in [7, 11) is 0. The zero-order chi connectivity index (χ0) is 14.7. The van der Waals surface area contributed by atoms with Crippen LogP contribution < -0.4 is 15.4 Å². The van der Waals surface area contributed by atoms with Crippen LogP contribution in [0.25, 0.3) is 0 Å². The summed E-state index contributed by atoms with van der Waals surface area (Å²) in [6.07, 6.45) is 2.79. The minimum Gasteiger partial charge on any atom is -0.491 e. The quantitative estimate of drug-likeness (QED) is 0.864. The van der Waals surface area contributed by atoms with Crippen molar-refractivity contribution in [1.29, 1.82) is 0 Å². The molecule has 2 heterocycles. The number of para-hydroxylation sites is 1. The van der Waals surface area contributed by atoms with Crippen LogP contribution in [-0.2, 0) is 0 Å². The van der Waals surface area contributed by atoms with Gasteiger partial charge >= 0.3 is 0 Å². The first-order valence-electron chi connectivity index (χ1n) is 7.02. The van der Waals surface area contributed by atoms with Gasteiger partial charge < -0.3 is 15.4 Å². The number of benzene rings is 1. The second kappa shape index (κ2) is 6.30. The summed E-state index contributed by atoms with van der Waals surface area (Å²) in [5.74, 6) is 2.34. The van der Waals surface area contributed by atoms with Crippen molar-refractivity contribution in [3.8, 4) is 5.75 Å². The molecule has 0 aliphatic carbocycles. The van der Waals surface area contributed by atoms with Crippen molar-refractivity contribution in [1.82, 2.24) is 9.97 Å². The molecule has 1 aliphatic heterocycles. The lowest BCUT2D eigenvalue weighted by Crippen LogP contribution is -2.14. The van der Waals surface area contributed by atoms with Gasteiger partial charge in [-0.05, 0) is 28.4 Å². The predicted octanol–water partition coefficient (Wildman–Crippen LogP) is 3.61. The van der Waals surface area contributed by atoms with Gasteiger partial charge in [-0.3, -0.25) is 0 Å². The number of ether oxygens (including phenoxy) is 1. The van der Waals surface area contributed by atoms with Gasteiger partial charge in [0.15, 0.2) is 0 Å². The molecule has 0 bridgehead atoms. The van der Waals surface area contributed by atoms with Gasteiger partial charge in [0.2, 0.25) is 5.95 Å². The standard InChI is InChI=1S/C15H17BrN4O/c1-2-7-17-15-18-8-11(16)14(20-15)19-12-9-21-13-6-4-3-5-10(12)13/h3-6,8,12H,2,7,9H2,1H3,(H2,17,18,19,20). The Hall–Kier alpha value is -1.82. The van der Waals surface area contributed by atoms with Gasteiger partial charge in [0.05, 0.1) is 10.5 Å². The Labute approximate surface area is 132 Å². The van der Waals surface area contributed by atoms with E-state index in [1.165, 1.54) is 0 Å². The number of anilines is 2. The van der Waals surface area contributed by atoms with Crippen LogP contribution in [0.15, 0.2) is 34.9 Å². The van der Waals surface area contributed by atoms with E-state index in [-0.39, 0.29) is 6.04 Å². The van der Waals surface area contributed by atoms with Crippen LogP contribution in [0, 0.1) is 0 Å². The largest absolute Gasteiger partial charge is 0.491 e. The fraction of sp³-hybridized carbons (Fsp3) is 0.333. The molecular weight excluding hydrogens is 332 g/mol. The normalized spacial score (nSPS) is 16.2. The monoisotopic (exact) mass is 348 g/mol. The average Bonchev–Trinajstić information content (AvgIpc) is 2.91. The van der Waals surface area contributed by atoms with Crippen LogP contribution >= 0.6 is 15.9 Å². The lowest BCUT2D eigenvalue weighted by atomic mass is 10.1. The molecule has 3 rings (SSSR count). The molecule has 0 amide bonds. The van der Waals surface area contributed by atoms with Gasteiger partial charge in [-0.15, -0.1) is 0 Å². The second-order valence-electron chi connectivity index (χ2n) is 4.86. The summed E-state index contributed by atoms with van der Waals surface area (Å²) in [6, 6.07) is 8.16. The number of fused-ring (bicyclic) bond motifs is 1. The van der Waals surface area contributed by atoms with Gasteiger partial charge in [-0.2, -0.15) is 4.98 Å². The van der Waals surface area contributed by atoms with Crippen molar-refractivity contribution < 1.29 is 4.74 Å². The summed E-state index contributed by atoms with van der Waals surface area (Å²) < 4.78 is 6.52. The molecule has 5 nitrogen and oxygen atoms in total. The zero-order valence-electron chi connectivity index (χ0n) is 11.8. The van der Waals surface area contributed by atoms with Crippen LogP contribution in [0.5, 0.6) is 5.75 Å². The maximum atomic E-state index is 5.68. The van der Waals surface area contributed by atoms with Gasteiger partial charge in [0.25, 0.3) is 0 Å². The highest BCUT2D eigenvalue weighted by Crippen LogP contribution is 2.35. The number of hydrogen-bond donors (Lipinski definition) is 2. The SMILES string of the molecule is CCCNc1ncc(Br)c(NC2COc3ccccc32)n1. The topological polar surface area (TPSA) is 59.1 Å². The van der Waals surface area contributed by atoms with Crippen LogP contribution in [0.3, 0.4) is 0 Å². The summed E-state index contributed by atoms with van der Waals surface area (Å²) in [5, 5.41) is 6.61. The molecule has 1 unspecified atom stereocenters. The number of aromatic nitrogens is 2. The Kier molecular flexibility index (Phi) is 4.24. The first kappa shape index (κ1) is 14.1. The highest BCUT2D eigenvalue weighted by molar-refractivity contribution is 9.10. The van der Waals surface area contributed by atoms with E-state index in [0.717, 1.165) is 34.6 Å². The van der Waals surface area contributed by atoms with Crippen LogP contribution in [0.4, 0.5) is 11.8 Å². The summed E-state index contributed by atoms with van der Waals surface area (Å²) >= 11 is 3.49. The van der Waals surface area contributed by atoms with Crippen molar-refractivity contribution >= 4 is 27.7 Å². The van der Waals surface area contributed by atoms with Crippen molar-refractivity contribution in [3.05, 3.63) is 40.5 Å². The molecule has 0 spiro atoms. The molecule has 1 aromatic heterocycles. The van der Waals surface area contributed by atoms with E-state index in [9.17, 15) is 0 Å². The third-order valence-corrected chi connectivity index (χ3v) is 3.87. The maximum absolute atomic E-state index is 5.68. The number of hydrogen-bond acceptors (Lipinski definition) is 5. The average molecular weight is 349 g/mol. The minimum atomic E-state index is 0.103. The highest BCUT2D eigenvalue weighted by Gasteiger charge is 2.24. The molecule has 110 valence electrons. The zero-order valence-corrected chi connectivity index (χ0v) is 13.4. The Morgan fingerprint density at radius 1 is 1.38 bits per heavy atom. The lowest BCUT2D eigenvalue weighted by Gasteiger charge is -2.14. The minimum absolute atomic E-state index is 0.103. The van der Waals surface area contributed by atoms with Gasteiger partial charge in [-0.1, -0.05) is 25.1 Å². The molecule has 0 saturated heterocycles. The molecule has 1 aliphatic rings. The third kappa shape index (κ3) is 3.10. The van der Waals surface area contributed by atoms with Crippen molar-refractivity contribution in [2.45, 2.75) is 19.4 Å². The summed E-state index contributed by atoms with van der Waals surface area (Å²) in [4.78, 5) is 8.77. The molecular formula is C15H17BrN4O. The van der Waals surface area contributed by atoms with E-state index in [0.29, 0.717) is 12.6 Å². The Morgan fingerprint density at radius 3 is 3.10 bits per heavy atom. The van der Waals surface area contributed by atoms with Crippen molar-refractivity contribution in [2.75, 3.05) is 23.8 Å². The van der Waals surface area contributed by atoms with Crippen LogP contribution in [0.1, 0.15) is 24.9 Å². The van der Waals surface area contributed by atoms with Gasteiger partial charge in [-0.25, -0.2) is 4.98 Å². The molecule has 6 heteroatoms. The Bertz CT molecular complexity index is 635. The van der Waals surface area contributed by atoms with E-state index < -0.39 is 0 Å². The second-order valence-corrected chi connectivity index (χ2v) is 5.72. The fourth-order valence-corrected chi connectivity index (χ4v) is 2.54. The molecule has 0 fully saturated rings. The third-order valence-electron chi connectivity index (χ3n) is 3.29. The van der Waals surface area contributed by atoms with E-state index >= 15 is 0 Å². The molecule has 1 aromatic carbocycles. The molecule has 0 saturated carbocycles. The lowest BCUT2D eigenvalue weighted by molar-refractivity contribution is 0.339. The van der Waals surface area contributed by atoms with E-state index in [4.69, 9.17) is 4.74 Å². The molecule has 21 heavy (non-hydrogen) atoms. The maximum Gasteiger partial charge on any atom is 0.224 e. The van der Waals surface area contributed by atoms with Crippen molar-refractivity contribution in [3.63, 3.8) is 0 Å². The Balaban J connectivity index is 1.79. The number of nitrogens with one attached hydrogen (secondary N) is 2. The van der Waals surface area contributed by atoms with Crippen LogP contribution in [-0.4, -0.2) is 23.1 Å². The number of nitrogens with zero attached hydrogens (tertiary/aromatic N) is 2.